The Morgan fingerprint density at radius 3 is 2.59 bits per heavy atom. The summed E-state index contributed by atoms with van der Waals surface area (Å²) in [5, 5.41) is 5.37. The molecule has 0 radical (unpaired) electrons. The van der Waals surface area contributed by atoms with Gasteiger partial charge in [0.05, 0.1) is 16.7 Å². The van der Waals surface area contributed by atoms with E-state index in [4.69, 9.17) is 4.98 Å². The summed E-state index contributed by atoms with van der Waals surface area (Å²) in [5.74, 6) is 0.832. The van der Waals surface area contributed by atoms with E-state index in [2.05, 4.69) is 63.4 Å². The van der Waals surface area contributed by atoms with Gasteiger partial charge in [0.2, 0.25) is 5.91 Å². The van der Waals surface area contributed by atoms with Crippen LogP contribution in [0.1, 0.15) is 29.0 Å². The van der Waals surface area contributed by atoms with Gasteiger partial charge >= 0.3 is 0 Å². The lowest BCUT2D eigenvalue weighted by Crippen LogP contribution is -2.18. The molecule has 168 valence electrons. The number of anilines is 2. The highest BCUT2D eigenvalue weighted by Gasteiger charge is 2.30. The molecule has 34 heavy (non-hydrogen) atoms. The summed E-state index contributed by atoms with van der Waals surface area (Å²) in [6.45, 7) is 0.776. The van der Waals surface area contributed by atoms with E-state index in [1.165, 1.54) is 11.1 Å². The van der Waals surface area contributed by atoms with Crippen LogP contribution >= 0.6 is 0 Å². The van der Waals surface area contributed by atoms with Gasteiger partial charge in [-0.3, -0.25) is 4.79 Å². The van der Waals surface area contributed by atoms with E-state index in [0.717, 1.165) is 45.4 Å². The van der Waals surface area contributed by atoms with Gasteiger partial charge in [0.15, 0.2) is 0 Å². The Hall–Kier alpha value is -4.12. The minimum Gasteiger partial charge on any atom is -0.362 e. The van der Waals surface area contributed by atoms with Crippen LogP contribution in [0, 0.1) is 0 Å². The van der Waals surface area contributed by atoms with Crippen molar-refractivity contribution >= 4 is 39.2 Å². The van der Waals surface area contributed by atoms with E-state index in [1.807, 2.05) is 50.5 Å². The van der Waals surface area contributed by atoms with Gasteiger partial charge in [-0.25, -0.2) is 4.98 Å². The van der Waals surface area contributed by atoms with Crippen LogP contribution < -0.4 is 10.2 Å². The monoisotopic (exact) mass is 446 g/mol. The summed E-state index contributed by atoms with van der Waals surface area (Å²) < 4.78 is 2.30. The molecule has 3 heterocycles. The number of nitrogens with zero attached hydrogens (tertiary/aromatic N) is 3. The van der Waals surface area contributed by atoms with Gasteiger partial charge in [-0.2, -0.15) is 0 Å². The number of hydrogen-bond acceptors (Lipinski definition) is 3. The Bertz CT molecular complexity index is 1530. The Morgan fingerprint density at radius 2 is 1.76 bits per heavy atom. The fourth-order valence-corrected chi connectivity index (χ4v) is 5.17. The largest absolute Gasteiger partial charge is 0.362 e. The molecule has 5 nitrogen and oxygen atoms in total. The molecular weight excluding hydrogens is 420 g/mol. The minimum absolute atomic E-state index is 0.0289. The zero-order valence-electron chi connectivity index (χ0n) is 19.3. The van der Waals surface area contributed by atoms with Crippen LogP contribution in [-0.4, -0.2) is 29.6 Å². The fourth-order valence-electron chi connectivity index (χ4n) is 5.17. The highest BCUT2D eigenvalue weighted by Crippen LogP contribution is 2.43. The zero-order chi connectivity index (χ0) is 23.2. The van der Waals surface area contributed by atoms with Crippen LogP contribution in [0.15, 0.2) is 85.1 Å². The lowest BCUT2D eigenvalue weighted by atomic mass is 9.88. The maximum absolute atomic E-state index is 13.0. The maximum atomic E-state index is 13.0. The van der Waals surface area contributed by atoms with Crippen molar-refractivity contribution in [1.82, 2.24) is 9.55 Å². The number of amides is 1. The van der Waals surface area contributed by atoms with Crippen molar-refractivity contribution in [3.63, 3.8) is 0 Å². The van der Waals surface area contributed by atoms with Crippen LogP contribution in [-0.2, 0) is 11.3 Å². The highest BCUT2D eigenvalue weighted by molar-refractivity contribution is 6.06. The van der Waals surface area contributed by atoms with Crippen molar-refractivity contribution in [3.8, 4) is 0 Å². The molecule has 2 aromatic heterocycles. The Kier molecular flexibility index (Phi) is 4.84. The van der Waals surface area contributed by atoms with Gasteiger partial charge in [-0.1, -0.05) is 54.6 Å². The third-order valence-corrected chi connectivity index (χ3v) is 6.70. The van der Waals surface area contributed by atoms with E-state index in [0.29, 0.717) is 6.42 Å². The molecule has 1 amide bonds. The predicted molar refractivity (Wildman–Crippen MR) is 139 cm³/mol. The van der Waals surface area contributed by atoms with Crippen molar-refractivity contribution in [2.45, 2.75) is 18.9 Å². The molecule has 0 fully saturated rings. The number of nitrogens with one attached hydrogen (secondary N) is 1. The van der Waals surface area contributed by atoms with E-state index in [-0.39, 0.29) is 11.8 Å². The molecule has 0 aliphatic carbocycles. The standard InChI is InChI=1S/C29H26N4O/c1-32(2)29-22(15-20-11-6-7-12-24(20)31-29)21-16-27(34)30-25-13-8-14-26-28(25)23(21)18-33(26)17-19-9-4-3-5-10-19/h3-15,18,21H,16-17H2,1-2H3,(H,30,34). The summed E-state index contributed by atoms with van der Waals surface area (Å²) in [6, 6.07) is 27.0. The van der Waals surface area contributed by atoms with E-state index in [9.17, 15) is 4.79 Å². The second-order valence-electron chi connectivity index (χ2n) is 9.19. The molecule has 1 N–H and O–H groups in total. The number of benzene rings is 3. The Labute approximate surface area is 198 Å². The van der Waals surface area contributed by atoms with Crippen LogP contribution in [0.4, 0.5) is 11.5 Å². The van der Waals surface area contributed by atoms with Gasteiger partial charge < -0.3 is 14.8 Å². The van der Waals surface area contributed by atoms with Crippen LogP contribution in [0.3, 0.4) is 0 Å². The molecule has 6 rings (SSSR count). The average Bonchev–Trinajstić information content (AvgIpc) is 3.14. The SMILES string of the molecule is CN(C)c1nc2ccccc2cc1C1CC(=O)Nc2cccc3c2c1cn3Cc1ccccc1. The first kappa shape index (κ1) is 20.5. The van der Waals surface area contributed by atoms with Gasteiger partial charge in [-0.05, 0) is 35.4 Å². The molecule has 1 atom stereocenters. The van der Waals surface area contributed by atoms with Crippen LogP contribution in [0.2, 0.25) is 0 Å². The molecule has 0 saturated heterocycles. The lowest BCUT2D eigenvalue weighted by Gasteiger charge is -2.23. The minimum atomic E-state index is -0.0994. The summed E-state index contributed by atoms with van der Waals surface area (Å²) in [7, 11) is 4.03. The molecule has 1 aliphatic rings. The smallest absolute Gasteiger partial charge is 0.225 e. The molecule has 1 unspecified atom stereocenters. The van der Waals surface area contributed by atoms with E-state index in [1.54, 1.807) is 0 Å². The third kappa shape index (κ3) is 3.41. The summed E-state index contributed by atoms with van der Waals surface area (Å²) in [6.07, 6.45) is 2.61. The van der Waals surface area contributed by atoms with E-state index < -0.39 is 0 Å². The predicted octanol–water partition coefficient (Wildman–Crippen LogP) is 5.78. The second-order valence-corrected chi connectivity index (χ2v) is 9.19. The molecular formula is C29H26N4O. The lowest BCUT2D eigenvalue weighted by molar-refractivity contribution is -0.116. The number of para-hydroxylation sites is 1. The Balaban J connectivity index is 1.59. The molecule has 0 bridgehead atoms. The molecule has 5 heteroatoms. The highest BCUT2D eigenvalue weighted by atomic mass is 16.1. The molecule has 0 spiro atoms. The van der Waals surface area contributed by atoms with Crippen molar-refractivity contribution in [1.29, 1.82) is 0 Å². The van der Waals surface area contributed by atoms with Crippen molar-refractivity contribution in [3.05, 3.63) is 102 Å². The summed E-state index contributed by atoms with van der Waals surface area (Å²) in [5.41, 5.74) is 6.46. The summed E-state index contributed by atoms with van der Waals surface area (Å²) >= 11 is 0. The first-order valence-corrected chi connectivity index (χ1v) is 11.6. The molecule has 3 aromatic carbocycles. The molecule has 5 aromatic rings. The number of hydrogen-bond donors (Lipinski definition) is 1. The van der Waals surface area contributed by atoms with Gasteiger partial charge in [0, 0.05) is 55.5 Å². The van der Waals surface area contributed by atoms with Crippen molar-refractivity contribution in [2.24, 2.45) is 0 Å². The second kappa shape index (κ2) is 8.03. The van der Waals surface area contributed by atoms with Crippen molar-refractivity contribution in [2.75, 3.05) is 24.3 Å². The molecule has 1 aliphatic heterocycles. The number of carbonyl (C=O) groups is 1. The topological polar surface area (TPSA) is 50.2 Å². The quantitative estimate of drug-likeness (QED) is 0.381. The normalized spacial score (nSPS) is 15.4. The summed E-state index contributed by atoms with van der Waals surface area (Å²) in [4.78, 5) is 20.1. The number of pyridine rings is 1. The first-order chi connectivity index (χ1) is 16.6. The molecule has 0 saturated carbocycles. The van der Waals surface area contributed by atoms with E-state index >= 15 is 0 Å². The zero-order valence-corrected chi connectivity index (χ0v) is 19.3. The fraction of sp³-hybridized carbons (Fsp3) is 0.172. The third-order valence-electron chi connectivity index (χ3n) is 6.70. The maximum Gasteiger partial charge on any atom is 0.225 e. The number of fused-ring (bicyclic) bond motifs is 1. The van der Waals surface area contributed by atoms with Gasteiger partial charge in [0.25, 0.3) is 0 Å². The number of aromatic nitrogens is 2. The number of carbonyl (C=O) groups excluding carboxylic acids is 1. The van der Waals surface area contributed by atoms with Gasteiger partial charge in [-0.15, -0.1) is 0 Å². The van der Waals surface area contributed by atoms with Gasteiger partial charge in [0.1, 0.15) is 5.82 Å². The van der Waals surface area contributed by atoms with Crippen molar-refractivity contribution < 1.29 is 4.79 Å². The Morgan fingerprint density at radius 1 is 0.971 bits per heavy atom. The van der Waals surface area contributed by atoms with Crippen LogP contribution in [0.25, 0.3) is 21.8 Å². The van der Waals surface area contributed by atoms with Crippen LogP contribution in [0.5, 0.6) is 0 Å². The average molecular weight is 447 g/mol. The first-order valence-electron chi connectivity index (χ1n) is 11.6. The number of rotatable bonds is 4.